The van der Waals surface area contributed by atoms with E-state index in [1.165, 1.54) is 0 Å². The van der Waals surface area contributed by atoms with E-state index in [2.05, 4.69) is 5.32 Å². The molecule has 0 saturated carbocycles. The van der Waals surface area contributed by atoms with E-state index in [4.69, 9.17) is 0 Å². The predicted octanol–water partition coefficient (Wildman–Crippen LogP) is 2.15. The zero-order valence-corrected chi connectivity index (χ0v) is 10.7. The van der Waals surface area contributed by atoms with Gasteiger partial charge in [-0.15, -0.1) is 0 Å². The fourth-order valence-electron chi connectivity index (χ4n) is 2.88. The van der Waals surface area contributed by atoms with E-state index in [1.807, 2.05) is 42.5 Å². The molecular formula is C16H15NO2. The van der Waals surface area contributed by atoms with E-state index in [0.29, 0.717) is 5.56 Å². The highest BCUT2D eigenvalue weighted by molar-refractivity contribution is 6.03. The zero-order chi connectivity index (χ0) is 13.4. The molecule has 2 N–H and O–H groups in total. The van der Waals surface area contributed by atoms with E-state index >= 15 is 0 Å². The maximum absolute atomic E-state index is 12.0. The average Bonchev–Trinajstić information content (AvgIpc) is 2.80. The number of hydrogen-bond acceptors (Lipinski definition) is 2. The first-order valence-electron chi connectivity index (χ1n) is 6.33. The van der Waals surface area contributed by atoms with E-state index in [1.54, 1.807) is 7.05 Å². The standard InChI is InChI=1S/C16H15NO2/c1-17-16(19)13-8-4-7-12-14(9-18)10-5-2-3-6-11(10)15(12)13/h2-8,14,18H,9H2,1H3,(H,17,19). The minimum Gasteiger partial charge on any atom is -0.395 e. The number of aliphatic hydroxyl groups is 1. The van der Waals surface area contributed by atoms with Crippen molar-refractivity contribution in [3.05, 3.63) is 59.2 Å². The van der Waals surface area contributed by atoms with Crippen molar-refractivity contribution in [2.75, 3.05) is 13.7 Å². The van der Waals surface area contributed by atoms with Crippen molar-refractivity contribution >= 4 is 5.91 Å². The summed E-state index contributed by atoms with van der Waals surface area (Å²) in [5.74, 6) is -0.124. The van der Waals surface area contributed by atoms with E-state index in [0.717, 1.165) is 22.3 Å². The first kappa shape index (κ1) is 11.9. The van der Waals surface area contributed by atoms with Crippen molar-refractivity contribution in [2.45, 2.75) is 5.92 Å². The molecule has 0 fully saturated rings. The van der Waals surface area contributed by atoms with E-state index in [-0.39, 0.29) is 18.4 Å². The first-order chi connectivity index (χ1) is 9.27. The quantitative estimate of drug-likeness (QED) is 0.861. The molecule has 0 heterocycles. The Balaban J connectivity index is 2.30. The van der Waals surface area contributed by atoms with Crippen LogP contribution < -0.4 is 5.32 Å². The summed E-state index contributed by atoms with van der Waals surface area (Å²) in [4.78, 5) is 12.0. The second-order valence-corrected chi connectivity index (χ2v) is 4.67. The Morgan fingerprint density at radius 1 is 1.16 bits per heavy atom. The second kappa shape index (κ2) is 4.52. The Morgan fingerprint density at radius 3 is 2.63 bits per heavy atom. The highest BCUT2D eigenvalue weighted by Gasteiger charge is 2.30. The van der Waals surface area contributed by atoms with Crippen molar-refractivity contribution in [3.63, 3.8) is 0 Å². The summed E-state index contributed by atoms with van der Waals surface area (Å²) < 4.78 is 0. The number of amides is 1. The lowest BCUT2D eigenvalue weighted by atomic mass is 9.96. The van der Waals surface area contributed by atoms with Gasteiger partial charge in [0, 0.05) is 18.5 Å². The summed E-state index contributed by atoms with van der Waals surface area (Å²) in [6.45, 7) is 0.0568. The van der Waals surface area contributed by atoms with Crippen LogP contribution in [0, 0.1) is 0 Å². The number of carbonyl (C=O) groups is 1. The van der Waals surface area contributed by atoms with Crippen LogP contribution in [0.1, 0.15) is 27.4 Å². The Bertz CT molecular complexity index is 649. The second-order valence-electron chi connectivity index (χ2n) is 4.67. The number of fused-ring (bicyclic) bond motifs is 3. The van der Waals surface area contributed by atoms with Crippen LogP contribution in [0.2, 0.25) is 0 Å². The van der Waals surface area contributed by atoms with Crippen molar-refractivity contribution in [3.8, 4) is 11.1 Å². The SMILES string of the molecule is CNC(=O)c1cccc2c1-c1ccccc1C2CO. The van der Waals surface area contributed by atoms with Gasteiger partial charge in [-0.1, -0.05) is 36.4 Å². The largest absolute Gasteiger partial charge is 0.395 e. The molecule has 0 aliphatic heterocycles. The number of nitrogens with one attached hydrogen (secondary N) is 1. The number of rotatable bonds is 2. The maximum atomic E-state index is 12.0. The van der Waals surface area contributed by atoms with Gasteiger partial charge < -0.3 is 10.4 Å². The molecule has 1 unspecified atom stereocenters. The molecule has 0 spiro atoms. The molecule has 1 atom stereocenters. The van der Waals surface area contributed by atoms with Gasteiger partial charge in [0.25, 0.3) is 5.91 Å². The minimum absolute atomic E-state index is 0.0317. The van der Waals surface area contributed by atoms with Crippen LogP contribution in [0.15, 0.2) is 42.5 Å². The molecule has 0 bridgehead atoms. The Morgan fingerprint density at radius 2 is 1.89 bits per heavy atom. The number of benzene rings is 2. The summed E-state index contributed by atoms with van der Waals surface area (Å²) in [5.41, 5.74) is 4.80. The summed E-state index contributed by atoms with van der Waals surface area (Å²) in [6.07, 6.45) is 0. The topological polar surface area (TPSA) is 49.3 Å². The lowest BCUT2D eigenvalue weighted by Crippen LogP contribution is -2.18. The Labute approximate surface area is 111 Å². The third kappa shape index (κ3) is 1.66. The number of aliphatic hydroxyl groups excluding tert-OH is 1. The van der Waals surface area contributed by atoms with Crippen molar-refractivity contribution in [1.82, 2.24) is 5.32 Å². The maximum Gasteiger partial charge on any atom is 0.251 e. The third-order valence-electron chi connectivity index (χ3n) is 3.73. The van der Waals surface area contributed by atoms with E-state index in [9.17, 15) is 9.90 Å². The van der Waals surface area contributed by atoms with Gasteiger partial charge in [-0.05, 0) is 28.3 Å². The molecular weight excluding hydrogens is 238 g/mol. The van der Waals surface area contributed by atoms with E-state index < -0.39 is 0 Å². The fraction of sp³-hybridized carbons (Fsp3) is 0.188. The molecule has 1 aliphatic carbocycles. The molecule has 3 nitrogen and oxygen atoms in total. The molecule has 0 aromatic heterocycles. The number of hydrogen-bond donors (Lipinski definition) is 2. The molecule has 96 valence electrons. The number of carbonyl (C=O) groups excluding carboxylic acids is 1. The average molecular weight is 253 g/mol. The van der Waals surface area contributed by atoms with Crippen LogP contribution in [0.3, 0.4) is 0 Å². The molecule has 0 radical (unpaired) electrons. The van der Waals surface area contributed by atoms with Crippen LogP contribution >= 0.6 is 0 Å². The molecule has 2 aromatic rings. The summed E-state index contributed by atoms with van der Waals surface area (Å²) in [7, 11) is 1.63. The Kier molecular flexibility index (Phi) is 2.84. The monoisotopic (exact) mass is 253 g/mol. The fourth-order valence-corrected chi connectivity index (χ4v) is 2.88. The van der Waals surface area contributed by atoms with Gasteiger partial charge in [0.1, 0.15) is 0 Å². The molecule has 3 heteroatoms. The van der Waals surface area contributed by atoms with Crippen LogP contribution in [0.25, 0.3) is 11.1 Å². The van der Waals surface area contributed by atoms with Gasteiger partial charge in [-0.2, -0.15) is 0 Å². The van der Waals surface area contributed by atoms with Gasteiger partial charge in [-0.3, -0.25) is 4.79 Å². The van der Waals surface area contributed by atoms with Gasteiger partial charge in [0.15, 0.2) is 0 Å². The van der Waals surface area contributed by atoms with Gasteiger partial charge in [0.05, 0.1) is 6.61 Å². The predicted molar refractivity (Wildman–Crippen MR) is 74.2 cm³/mol. The van der Waals surface area contributed by atoms with Crippen molar-refractivity contribution < 1.29 is 9.90 Å². The molecule has 1 amide bonds. The molecule has 0 saturated heterocycles. The summed E-state index contributed by atoms with van der Waals surface area (Å²) in [6, 6.07) is 13.6. The van der Waals surface area contributed by atoms with Gasteiger partial charge in [-0.25, -0.2) is 0 Å². The zero-order valence-electron chi connectivity index (χ0n) is 10.7. The third-order valence-corrected chi connectivity index (χ3v) is 3.73. The highest BCUT2D eigenvalue weighted by atomic mass is 16.3. The summed E-state index contributed by atoms with van der Waals surface area (Å²) >= 11 is 0. The van der Waals surface area contributed by atoms with Crippen molar-refractivity contribution in [2.24, 2.45) is 0 Å². The molecule has 1 aliphatic rings. The lowest BCUT2D eigenvalue weighted by molar-refractivity contribution is 0.0963. The van der Waals surface area contributed by atoms with Gasteiger partial charge >= 0.3 is 0 Å². The first-order valence-corrected chi connectivity index (χ1v) is 6.33. The van der Waals surface area contributed by atoms with Crippen LogP contribution in [-0.4, -0.2) is 24.7 Å². The minimum atomic E-state index is -0.0924. The molecule has 2 aromatic carbocycles. The van der Waals surface area contributed by atoms with Crippen LogP contribution in [0.5, 0.6) is 0 Å². The molecule has 3 rings (SSSR count). The van der Waals surface area contributed by atoms with Gasteiger partial charge in [0.2, 0.25) is 0 Å². The normalized spacial score (nSPS) is 15.8. The van der Waals surface area contributed by atoms with Crippen LogP contribution in [-0.2, 0) is 0 Å². The lowest BCUT2D eigenvalue weighted by Gasteiger charge is -2.10. The summed E-state index contributed by atoms with van der Waals surface area (Å²) in [5, 5.41) is 12.3. The smallest absolute Gasteiger partial charge is 0.251 e. The Hall–Kier alpha value is -2.13. The van der Waals surface area contributed by atoms with Crippen molar-refractivity contribution in [1.29, 1.82) is 0 Å². The molecule has 19 heavy (non-hydrogen) atoms. The van der Waals surface area contributed by atoms with Crippen LogP contribution in [0.4, 0.5) is 0 Å². The highest BCUT2D eigenvalue weighted by Crippen LogP contribution is 2.45.